The van der Waals surface area contributed by atoms with Gasteiger partial charge >= 0.3 is 0 Å². The molecule has 0 bridgehead atoms. The van der Waals surface area contributed by atoms with Gasteiger partial charge in [-0.3, -0.25) is 4.79 Å². The highest BCUT2D eigenvalue weighted by atomic mass is 32.2. The van der Waals surface area contributed by atoms with E-state index in [0.717, 1.165) is 31.5 Å². The Morgan fingerprint density at radius 3 is 2.78 bits per heavy atom. The Labute approximate surface area is 139 Å². The van der Waals surface area contributed by atoms with Crippen LogP contribution in [0.15, 0.2) is 23.1 Å². The molecular weight excluding hydrogens is 312 g/mol. The molecule has 0 aliphatic carbocycles. The fourth-order valence-electron chi connectivity index (χ4n) is 2.99. The highest BCUT2D eigenvalue weighted by Gasteiger charge is 2.17. The zero-order chi connectivity index (χ0) is 17.0. The summed E-state index contributed by atoms with van der Waals surface area (Å²) >= 11 is 0. The number of amides is 1. The third kappa shape index (κ3) is 5.04. The molecule has 1 heterocycles. The first-order valence-electron chi connectivity index (χ1n) is 8.08. The molecule has 1 unspecified atom stereocenters. The van der Waals surface area contributed by atoms with Crippen LogP contribution in [0.5, 0.6) is 0 Å². The third-order valence-corrected chi connectivity index (χ3v) is 5.45. The molecule has 2 rings (SSSR count). The van der Waals surface area contributed by atoms with Crippen molar-refractivity contribution in [1.29, 1.82) is 0 Å². The average Bonchev–Trinajstić information content (AvgIpc) is 2.46. The van der Waals surface area contributed by atoms with Crippen LogP contribution >= 0.6 is 0 Å². The van der Waals surface area contributed by atoms with Crippen molar-refractivity contribution in [2.24, 2.45) is 5.92 Å². The van der Waals surface area contributed by atoms with Crippen molar-refractivity contribution in [3.63, 3.8) is 0 Å². The number of sulfone groups is 1. The van der Waals surface area contributed by atoms with Gasteiger partial charge in [0.05, 0.1) is 4.90 Å². The van der Waals surface area contributed by atoms with Crippen LogP contribution < -0.4 is 5.32 Å². The van der Waals surface area contributed by atoms with Crippen LogP contribution in [0, 0.1) is 12.8 Å². The summed E-state index contributed by atoms with van der Waals surface area (Å²) in [6.07, 6.45) is 3.64. The molecule has 1 saturated heterocycles. The Bertz CT molecular complexity index is 670. The van der Waals surface area contributed by atoms with Crippen LogP contribution in [0.2, 0.25) is 0 Å². The predicted molar refractivity (Wildman–Crippen MR) is 91.5 cm³/mol. The van der Waals surface area contributed by atoms with Gasteiger partial charge in [-0.05, 0) is 49.9 Å². The number of nitrogens with one attached hydrogen (secondary N) is 1. The Kier molecular flexibility index (Phi) is 5.81. The Morgan fingerprint density at radius 1 is 1.39 bits per heavy atom. The summed E-state index contributed by atoms with van der Waals surface area (Å²) in [5.74, 6) is 0.506. The summed E-state index contributed by atoms with van der Waals surface area (Å²) in [6, 6.07) is 4.68. The molecule has 5 nitrogen and oxygen atoms in total. The molecule has 1 amide bonds. The first kappa shape index (κ1) is 17.9. The zero-order valence-electron chi connectivity index (χ0n) is 14.1. The summed E-state index contributed by atoms with van der Waals surface area (Å²) in [5, 5.41) is 2.91. The van der Waals surface area contributed by atoms with E-state index in [2.05, 4.69) is 17.1 Å². The van der Waals surface area contributed by atoms with E-state index in [1.165, 1.54) is 25.0 Å². The van der Waals surface area contributed by atoms with Gasteiger partial charge in [-0.1, -0.05) is 13.0 Å². The van der Waals surface area contributed by atoms with Crippen LogP contribution in [0.4, 0.5) is 0 Å². The molecule has 0 spiro atoms. The van der Waals surface area contributed by atoms with Crippen molar-refractivity contribution in [2.75, 3.05) is 32.4 Å². The summed E-state index contributed by atoms with van der Waals surface area (Å²) in [7, 11) is -3.31. The summed E-state index contributed by atoms with van der Waals surface area (Å²) in [6.45, 7) is 7.65. The SMILES string of the molecule is Cc1ccc(S(C)(=O)=O)cc1C(=O)NCCN1CCCC(C)C1. The lowest BCUT2D eigenvalue weighted by atomic mass is 10.0. The molecule has 0 aromatic heterocycles. The number of hydrogen-bond donors (Lipinski definition) is 1. The van der Waals surface area contributed by atoms with Crippen LogP contribution in [-0.2, 0) is 9.84 Å². The average molecular weight is 338 g/mol. The first-order chi connectivity index (χ1) is 10.8. The molecule has 1 aliphatic heterocycles. The molecule has 23 heavy (non-hydrogen) atoms. The minimum absolute atomic E-state index is 0.179. The van der Waals surface area contributed by atoms with Crippen LogP contribution in [0.1, 0.15) is 35.7 Å². The number of aryl methyl sites for hydroxylation is 1. The maximum absolute atomic E-state index is 12.3. The van der Waals surface area contributed by atoms with Gasteiger partial charge < -0.3 is 10.2 Å². The molecular formula is C17H26N2O3S. The van der Waals surface area contributed by atoms with Gasteiger partial charge in [0.15, 0.2) is 9.84 Å². The fraction of sp³-hybridized carbons (Fsp3) is 0.588. The van der Waals surface area contributed by atoms with Crippen molar-refractivity contribution in [1.82, 2.24) is 10.2 Å². The van der Waals surface area contributed by atoms with Gasteiger partial charge in [0, 0.05) is 31.5 Å². The normalized spacial score (nSPS) is 19.5. The van der Waals surface area contributed by atoms with Gasteiger partial charge in [-0.15, -0.1) is 0 Å². The van der Waals surface area contributed by atoms with E-state index in [-0.39, 0.29) is 10.8 Å². The third-order valence-electron chi connectivity index (χ3n) is 4.34. The van der Waals surface area contributed by atoms with Crippen molar-refractivity contribution in [2.45, 2.75) is 31.6 Å². The smallest absolute Gasteiger partial charge is 0.251 e. The molecule has 1 N–H and O–H groups in total. The number of carbonyl (C=O) groups is 1. The van der Waals surface area contributed by atoms with Gasteiger partial charge in [0.25, 0.3) is 5.91 Å². The van der Waals surface area contributed by atoms with Crippen molar-refractivity contribution in [3.8, 4) is 0 Å². The van der Waals surface area contributed by atoms with Crippen molar-refractivity contribution >= 4 is 15.7 Å². The topological polar surface area (TPSA) is 66.5 Å². The van der Waals surface area contributed by atoms with Crippen molar-refractivity contribution < 1.29 is 13.2 Å². The second kappa shape index (κ2) is 7.45. The Balaban J connectivity index is 1.95. The van der Waals surface area contributed by atoms with Gasteiger partial charge in [0.1, 0.15) is 0 Å². The highest BCUT2D eigenvalue weighted by molar-refractivity contribution is 7.90. The number of nitrogens with zero attached hydrogens (tertiary/aromatic N) is 1. The van der Waals surface area contributed by atoms with E-state index in [1.54, 1.807) is 6.07 Å². The Hall–Kier alpha value is -1.40. The van der Waals surface area contributed by atoms with Crippen molar-refractivity contribution in [3.05, 3.63) is 29.3 Å². The van der Waals surface area contributed by atoms with E-state index >= 15 is 0 Å². The standard InChI is InChI=1S/C17H26N2O3S/c1-13-5-4-9-19(12-13)10-8-18-17(20)16-11-15(23(3,21)22)7-6-14(16)2/h6-7,11,13H,4-5,8-10,12H2,1-3H3,(H,18,20). The lowest BCUT2D eigenvalue weighted by Crippen LogP contribution is -2.40. The number of likely N-dealkylation sites (tertiary alicyclic amines) is 1. The maximum atomic E-state index is 12.3. The lowest BCUT2D eigenvalue weighted by molar-refractivity contribution is 0.0943. The first-order valence-corrected chi connectivity index (χ1v) is 9.98. The number of carbonyl (C=O) groups excluding carboxylic acids is 1. The molecule has 6 heteroatoms. The number of piperidine rings is 1. The minimum Gasteiger partial charge on any atom is -0.351 e. The zero-order valence-corrected chi connectivity index (χ0v) is 14.9. The highest BCUT2D eigenvalue weighted by Crippen LogP contribution is 2.16. The minimum atomic E-state index is -3.31. The molecule has 1 aromatic rings. The van der Waals surface area contributed by atoms with E-state index in [9.17, 15) is 13.2 Å². The van der Waals surface area contributed by atoms with E-state index in [1.807, 2.05) is 6.92 Å². The second-order valence-corrected chi connectivity index (χ2v) is 8.57. The van der Waals surface area contributed by atoms with Crippen LogP contribution in [0.3, 0.4) is 0 Å². The van der Waals surface area contributed by atoms with Crippen LogP contribution in [0.25, 0.3) is 0 Å². The van der Waals surface area contributed by atoms with Crippen LogP contribution in [-0.4, -0.2) is 51.7 Å². The predicted octanol–water partition coefficient (Wildman–Crippen LogP) is 1.86. The molecule has 0 saturated carbocycles. The fourth-order valence-corrected chi connectivity index (χ4v) is 3.64. The number of rotatable bonds is 5. The molecule has 128 valence electrons. The van der Waals surface area contributed by atoms with E-state index in [0.29, 0.717) is 18.0 Å². The number of hydrogen-bond acceptors (Lipinski definition) is 4. The monoisotopic (exact) mass is 338 g/mol. The van der Waals surface area contributed by atoms with E-state index in [4.69, 9.17) is 0 Å². The van der Waals surface area contributed by atoms with E-state index < -0.39 is 9.84 Å². The maximum Gasteiger partial charge on any atom is 0.251 e. The number of benzene rings is 1. The molecule has 1 aromatic carbocycles. The molecule has 1 aliphatic rings. The Morgan fingerprint density at radius 2 is 2.13 bits per heavy atom. The summed E-state index contributed by atoms with van der Waals surface area (Å²) < 4.78 is 23.3. The van der Waals surface area contributed by atoms with Gasteiger partial charge in [0.2, 0.25) is 0 Å². The van der Waals surface area contributed by atoms with Gasteiger partial charge in [-0.2, -0.15) is 0 Å². The summed E-state index contributed by atoms with van der Waals surface area (Å²) in [4.78, 5) is 14.9. The second-order valence-electron chi connectivity index (χ2n) is 6.55. The molecule has 1 fully saturated rings. The van der Waals surface area contributed by atoms with Gasteiger partial charge in [-0.25, -0.2) is 8.42 Å². The molecule has 1 atom stereocenters. The lowest BCUT2D eigenvalue weighted by Gasteiger charge is -2.30. The molecule has 0 radical (unpaired) electrons. The summed E-state index contributed by atoms with van der Waals surface area (Å²) in [5.41, 5.74) is 1.21. The quantitative estimate of drug-likeness (QED) is 0.890. The largest absolute Gasteiger partial charge is 0.351 e.